The summed E-state index contributed by atoms with van der Waals surface area (Å²) in [6.07, 6.45) is 0. The number of ether oxygens (including phenoxy) is 1. The molecule has 0 spiro atoms. The van der Waals surface area contributed by atoms with E-state index in [0.717, 1.165) is 5.56 Å². The number of benzene rings is 1. The van der Waals surface area contributed by atoms with Crippen molar-refractivity contribution in [2.45, 2.75) is 6.54 Å². The number of amides is 1. The third-order valence-electron chi connectivity index (χ3n) is 2.66. The average molecular weight is 262 g/mol. The average Bonchev–Trinajstić information content (AvgIpc) is 2.84. The fourth-order valence-corrected chi connectivity index (χ4v) is 1.69. The molecule has 0 aliphatic carbocycles. The number of nitrogens with zero attached hydrogens (tertiary/aromatic N) is 3. The second-order valence-corrected chi connectivity index (χ2v) is 3.97. The number of para-hydroxylation sites is 1. The van der Waals surface area contributed by atoms with Gasteiger partial charge in [-0.1, -0.05) is 18.2 Å². The lowest BCUT2D eigenvalue weighted by Gasteiger charge is -2.17. The van der Waals surface area contributed by atoms with Crippen LogP contribution in [0.2, 0.25) is 0 Å². The number of hydrogen-bond acceptors (Lipinski definition) is 6. The molecule has 2 N–H and O–H groups in total. The van der Waals surface area contributed by atoms with Crippen LogP contribution in [0.15, 0.2) is 28.9 Å². The van der Waals surface area contributed by atoms with Crippen molar-refractivity contribution >= 4 is 11.7 Å². The zero-order chi connectivity index (χ0) is 13.8. The molecule has 0 unspecified atom stereocenters. The Kier molecular flexibility index (Phi) is 3.65. The molecule has 19 heavy (non-hydrogen) atoms. The quantitative estimate of drug-likeness (QED) is 0.880. The lowest BCUT2D eigenvalue weighted by atomic mass is 10.2. The van der Waals surface area contributed by atoms with Gasteiger partial charge in [-0.15, -0.1) is 0 Å². The van der Waals surface area contributed by atoms with Crippen molar-refractivity contribution < 1.29 is 14.2 Å². The minimum absolute atomic E-state index is 0.0115. The molecule has 0 aliphatic heterocycles. The summed E-state index contributed by atoms with van der Waals surface area (Å²) < 4.78 is 9.65. The molecule has 7 heteroatoms. The van der Waals surface area contributed by atoms with Crippen LogP contribution in [0.4, 0.5) is 5.82 Å². The standard InChI is InChI=1S/C12H14N4O3/c1-16(12(17)10-11(13)15-19-14-10)7-8-5-3-4-6-9(8)18-2/h3-6H,7H2,1-2H3,(H2,13,15). The lowest BCUT2D eigenvalue weighted by Crippen LogP contribution is -2.27. The van der Waals surface area contributed by atoms with Crippen LogP contribution in [0.5, 0.6) is 5.75 Å². The summed E-state index contributed by atoms with van der Waals surface area (Å²) in [6.45, 7) is 0.370. The van der Waals surface area contributed by atoms with Gasteiger partial charge in [0.1, 0.15) is 5.75 Å². The minimum atomic E-state index is -0.357. The molecule has 100 valence electrons. The first-order chi connectivity index (χ1) is 9.13. The Balaban J connectivity index is 2.15. The second-order valence-electron chi connectivity index (χ2n) is 3.97. The Hall–Kier alpha value is -2.57. The van der Waals surface area contributed by atoms with Crippen molar-refractivity contribution in [3.8, 4) is 5.75 Å². The first-order valence-electron chi connectivity index (χ1n) is 5.59. The monoisotopic (exact) mass is 262 g/mol. The van der Waals surface area contributed by atoms with Gasteiger partial charge in [0.25, 0.3) is 5.91 Å². The van der Waals surface area contributed by atoms with Gasteiger partial charge in [0.2, 0.25) is 11.5 Å². The highest BCUT2D eigenvalue weighted by Gasteiger charge is 2.20. The van der Waals surface area contributed by atoms with Crippen molar-refractivity contribution in [1.29, 1.82) is 0 Å². The van der Waals surface area contributed by atoms with Gasteiger partial charge in [-0.3, -0.25) is 4.79 Å². The second kappa shape index (κ2) is 5.38. The van der Waals surface area contributed by atoms with E-state index in [4.69, 9.17) is 10.5 Å². The smallest absolute Gasteiger partial charge is 0.280 e. The van der Waals surface area contributed by atoms with Crippen LogP contribution in [0.25, 0.3) is 0 Å². The molecule has 2 aromatic rings. The van der Waals surface area contributed by atoms with Crippen molar-refractivity contribution in [2.24, 2.45) is 0 Å². The number of nitrogens with two attached hydrogens (primary N) is 1. The summed E-state index contributed by atoms with van der Waals surface area (Å²) in [5.74, 6) is 0.343. The Labute approximate surface area is 109 Å². The molecule has 0 radical (unpaired) electrons. The molecule has 0 saturated heterocycles. The third kappa shape index (κ3) is 2.65. The lowest BCUT2D eigenvalue weighted by molar-refractivity contribution is 0.0774. The number of nitrogen functional groups attached to an aromatic ring is 1. The molecular formula is C12H14N4O3. The fourth-order valence-electron chi connectivity index (χ4n) is 1.69. The van der Waals surface area contributed by atoms with Gasteiger partial charge in [-0.2, -0.15) is 0 Å². The number of aromatic nitrogens is 2. The first-order valence-corrected chi connectivity index (χ1v) is 5.59. The molecule has 1 amide bonds. The van der Waals surface area contributed by atoms with Gasteiger partial charge in [-0.25, -0.2) is 4.63 Å². The summed E-state index contributed by atoms with van der Waals surface area (Å²) in [6, 6.07) is 7.46. The number of methoxy groups -OCH3 is 1. The van der Waals surface area contributed by atoms with Crippen molar-refractivity contribution in [3.05, 3.63) is 35.5 Å². The van der Waals surface area contributed by atoms with Gasteiger partial charge >= 0.3 is 0 Å². The highest BCUT2D eigenvalue weighted by molar-refractivity contribution is 5.95. The van der Waals surface area contributed by atoms with Crippen LogP contribution in [-0.2, 0) is 6.54 Å². The topological polar surface area (TPSA) is 94.5 Å². The van der Waals surface area contributed by atoms with Crippen molar-refractivity contribution in [1.82, 2.24) is 15.2 Å². The van der Waals surface area contributed by atoms with Gasteiger partial charge in [0, 0.05) is 19.2 Å². The summed E-state index contributed by atoms with van der Waals surface area (Å²) in [4.78, 5) is 13.5. The minimum Gasteiger partial charge on any atom is -0.496 e. The van der Waals surface area contributed by atoms with E-state index in [0.29, 0.717) is 12.3 Å². The summed E-state index contributed by atoms with van der Waals surface area (Å²) in [5, 5.41) is 6.87. The van der Waals surface area contributed by atoms with Gasteiger partial charge in [0.05, 0.1) is 7.11 Å². The molecule has 0 atom stereocenters. The van der Waals surface area contributed by atoms with Crippen LogP contribution < -0.4 is 10.5 Å². The highest BCUT2D eigenvalue weighted by Crippen LogP contribution is 2.19. The zero-order valence-corrected chi connectivity index (χ0v) is 10.7. The first kappa shape index (κ1) is 12.9. The van der Waals surface area contributed by atoms with Crippen molar-refractivity contribution in [2.75, 3.05) is 19.9 Å². The van der Waals surface area contributed by atoms with E-state index < -0.39 is 0 Å². The molecule has 1 heterocycles. The molecule has 2 rings (SSSR count). The van der Waals surface area contributed by atoms with E-state index in [1.807, 2.05) is 24.3 Å². The zero-order valence-electron chi connectivity index (χ0n) is 10.7. The summed E-state index contributed by atoms with van der Waals surface area (Å²) in [5.41, 5.74) is 6.39. The molecule has 1 aromatic heterocycles. The summed E-state index contributed by atoms with van der Waals surface area (Å²) >= 11 is 0. The maximum atomic E-state index is 12.1. The van der Waals surface area contributed by atoms with Crippen LogP contribution in [0.1, 0.15) is 16.1 Å². The summed E-state index contributed by atoms with van der Waals surface area (Å²) in [7, 11) is 3.23. The van der Waals surface area contributed by atoms with Crippen LogP contribution in [0.3, 0.4) is 0 Å². The Morgan fingerprint density at radius 3 is 2.79 bits per heavy atom. The number of hydrogen-bond donors (Lipinski definition) is 1. The van der Waals surface area contributed by atoms with Crippen LogP contribution >= 0.6 is 0 Å². The maximum Gasteiger partial charge on any atom is 0.280 e. The van der Waals surface area contributed by atoms with E-state index in [1.165, 1.54) is 4.90 Å². The number of carbonyl (C=O) groups excluding carboxylic acids is 1. The van der Waals surface area contributed by atoms with E-state index in [-0.39, 0.29) is 17.4 Å². The van der Waals surface area contributed by atoms with Crippen molar-refractivity contribution in [3.63, 3.8) is 0 Å². The molecule has 0 bridgehead atoms. The largest absolute Gasteiger partial charge is 0.496 e. The maximum absolute atomic E-state index is 12.1. The predicted molar refractivity (Wildman–Crippen MR) is 67.5 cm³/mol. The molecule has 0 saturated carbocycles. The normalized spacial score (nSPS) is 10.2. The van der Waals surface area contributed by atoms with E-state index in [2.05, 4.69) is 14.9 Å². The SMILES string of the molecule is COc1ccccc1CN(C)C(=O)c1nonc1N. The molecule has 1 aromatic carbocycles. The number of carbonyl (C=O) groups is 1. The van der Waals surface area contributed by atoms with E-state index in [1.54, 1.807) is 14.2 Å². The molecule has 7 nitrogen and oxygen atoms in total. The Morgan fingerprint density at radius 1 is 1.42 bits per heavy atom. The number of rotatable bonds is 4. The molecule has 0 fully saturated rings. The fraction of sp³-hybridized carbons (Fsp3) is 0.250. The van der Waals surface area contributed by atoms with E-state index >= 15 is 0 Å². The molecular weight excluding hydrogens is 248 g/mol. The van der Waals surface area contributed by atoms with Crippen LogP contribution in [0, 0.1) is 0 Å². The third-order valence-corrected chi connectivity index (χ3v) is 2.66. The Morgan fingerprint density at radius 2 is 2.16 bits per heavy atom. The van der Waals surface area contributed by atoms with Gasteiger partial charge in [-0.05, 0) is 16.4 Å². The van der Waals surface area contributed by atoms with E-state index in [9.17, 15) is 4.79 Å². The highest BCUT2D eigenvalue weighted by atomic mass is 16.6. The van der Waals surface area contributed by atoms with Gasteiger partial charge < -0.3 is 15.4 Å². The Bertz CT molecular complexity index is 582. The predicted octanol–water partition coefficient (Wildman–Crippen LogP) is 0.933. The molecule has 0 aliphatic rings. The van der Waals surface area contributed by atoms with Gasteiger partial charge in [0.15, 0.2) is 0 Å². The number of anilines is 1. The van der Waals surface area contributed by atoms with Crippen LogP contribution in [-0.4, -0.2) is 35.3 Å².